The molecule has 0 aliphatic carbocycles. The molecule has 0 saturated carbocycles. The highest BCUT2D eigenvalue weighted by molar-refractivity contribution is 5.99. The predicted molar refractivity (Wildman–Crippen MR) is 85.5 cm³/mol. The highest BCUT2D eigenvalue weighted by atomic mass is 16.5. The Morgan fingerprint density at radius 3 is 2.16 bits per heavy atom. The monoisotopic (exact) mass is 340 g/mol. The fourth-order valence-electron chi connectivity index (χ4n) is 1.89. The Bertz CT molecular complexity index is 916. The van der Waals surface area contributed by atoms with Crippen LogP contribution >= 0.6 is 0 Å². The molecule has 11 heteroatoms. The fourth-order valence-corrected chi connectivity index (χ4v) is 1.89. The Balaban J connectivity index is 2.00. The van der Waals surface area contributed by atoms with Gasteiger partial charge in [-0.2, -0.15) is 10.2 Å². The maximum absolute atomic E-state index is 11.9. The number of aromatic hydroxyl groups is 1. The van der Waals surface area contributed by atoms with Gasteiger partial charge in [-0.3, -0.25) is 0 Å². The van der Waals surface area contributed by atoms with Gasteiger partial charge >= 0.3 is 5.97 Å². The first-order valence-electron chi connectivity index (χ1n) is 6.90. The van der Waals surface area contributed by atoms with Crippen molar-refractivity contribution >= 4 is 18.4 Å². The van der Waals surface area contributed by atoms with Gasteiger partial charge < -0.3 is 9.84 Å². The van der Waals surface area contributed by atoms with Crippen LogP contribution in [0.25, 0.3) is 0 Å². The number of hydrogen-bond acceptors (Lipinski definition) is 9. The van der Waals surface area contributed by atoms with Crippen LogP contribution in [-0.2, 0) is 4.74 Å². The van der Waals surface area contributed by atoms with E-state index in [1.807, 2.05) is 0 Å². The third kappa shape index (κ3) is 3.72. The van der Waals surface area contributed by atoms with Crippen LogP contribution in [0, 0.1) is 0 Å². The quantitative estimate of drug-likeness (QED) is 0.515. The highest BCUT2D eigenvalue weighted by Gasteiger charge is 2.16. The van der Waals surface area contributed by atoms with Crippen LogP contribution in [0.1, 0.15) is 21.5 Å². The average molecular weight is 340 g/mol. The van der Waals surface area contributed by atoms with Crippen LogP contribution in [0.3, 0.4) is 0 Å². The summed E-state index contributed by atoms with van der Waals surface area (Å²) >= 11 is 0. The number of methoxy groups -OCH3 is 1. The molecule has 0 aliphatic heterocycles. The first-order valence-corrected chi connectivity index (χ1v) is 6.90. The number of phenolic OH excluding ortho intramolecular Hbond substituents is 1. The molecule has 0 amide bonds. The average Bonchev–Trinajstić information content (AvgIpc) is 3.32. The number of aromatic nitrogens is 6. The van der Waals surface area contributed by atoms with Gasteiger partial charge in [0.25, 0.3) is 0 Å². The zero-order valence-electron chi connectivity index (χ0n) is 13.0. The maximum Gasteiger partial charge on any atom is 0.341 e. The SMILES string of the molecule is COC(=O)c1cc(/C=N/n2cnnc2)cc(/C=N\n2cnnc2)c1O. The number of phenols is 1. The first-order chi connectivity index (χ1) is 12.2. The molecule has 3 rings (SSSR count). The van der Waals surface area contributed by atoms with Crippen molar-refractivity contribution in [1.29, 1.82) is 0 Å². The molecule has 2 heterocycles. The van der Waals surface area contributed by atoms with E-state index in [0.29, 0.717) is 11.1 Å². The summed E-state index contributed by atoms with van der Waals surface area (Å²) in [6.07, 6.45) is 8.42. The van der Waals surface area contributed by atoms with Crippen molar-refractivity contribution in [1.82, 2.24) is 29.7 Å². The Hall–Kier alpha value is -3.89. The van der Waals surface area contributed by atoms with Gasteiger partial charge in [-0.15, -0.1) is 20.4 Å². The van der Waals surface area contributed by atoms with Crippen molar-refractivity contribution in [2.45, 2.75) is 0 Å². The summed E-state index contributed by atoms with van der Waals surface area (Å²) in [7, 11) is 1.23. The van der Waals surface area contributed by atoms with Gasteiger partial charge in [0.05, 0.1) is 19.5 Å². The predicted octanol–water partition coefficient (Wildman–Crippen LogP) is 0.126. The highest BCUT2D eigenvalue weighted by Crippen LogP contribution is 2.24. The Morgan fingerprint density at radius 2 is 1.60 bits per heavy atom. The second kappa shape index (κ2) is 7.12. The Labute approximate surface area is 140 Å². The number of rotatable bonds is 5. The molecular weight excluding hydrogens is 328 g/mol. The topological polar surface area (TPSA) is 133 Å². The number of ether oxygens (including phenoxy) is 1. The number of nitrogens with zero attached hydrogens (tertiary/aromatic N) is 8. The number of carbonyl (C=O) groups is 1. The van der Waals surface area contributed by atoms with Gasteiger partial charge in [-0.05, 0) is 17.7 Å². The van der Waals surface area contributed by atoms with Crippen LogP contribution in [0.5, 0.6) is 5.75 Å². The van der Waals surface area contributed by atoms with Gasteiger partial charge in [0.2, 0.25) is 0 Å². The molecule has 1 N–H and O–H groups in total. The fraction of sp³-hybridized carbons (Fsp3) is 0.0714. The van der Waals surface area contributed by atoms with E-state index in [-0.39, 0.29) is 11.3 Å². The Kier molecular flexibility index (Phi) is 4.55. The number of carbonyl (C=O) groups excluding carboxylic acids is 1. The molecule has 0 atom stereocenters. The number of hydrogen-bond donors (Lipinski definition) is 1. The molecule has 3 aromatic rings. The third-order valence-electron chi connectivity index (χ3n) is 3.05. The van der Waals surface area contributed by atoms with Crippen LogP contribution in [-0.4, -0.2) is 60.4 Å². The van der Waals surface area contributed by atoms with Crippen molar-refractivity contribution in [3.8, 4) is 5.75 Å². The molecule has 0 unspecified atom stereocenters. The van der Waals surface area contributed by atoms with Crippen molar-refractivity contribution < 1.29 is 14.6 Å². The molecule has 0 radical (unpaired) electrons. The summed E-state index contributed by atoms with van der Waals surface area (Å²) in [5.74, 6) is -0.943. The lowest BCUT2D eigenvalue weighted by molar-refractivity contribution is 0.0597. The molecule has 2 aromatic heterocycles. The zero-order chi connectivity index (χ0) is 17.6. The standard InChI is InChI=1S/C14H12N8O3/c1-25-14(24)12-3-10(4-19-21-6-15-16-7-21)2-11(13(12)23)5-20-22-8-17-18-9-22/h2-9,23H,1H3/b19-4+,20-5-. The maximum atomic E-state index is 11.9. The van der Waals surface area contributed by atoms with E-state index in [9.17, 15) is 9.90 Å². The molecule has 0 aliphatic rings. The molecule has 1 aromatic carbocycles. The zero-order valence-corrected chi connectivity index (χ0v) is 13.0. The summed E-state index contributed by atoms with van der Waals surface area (Å²) in [5, 5.41) is 33.0. The minimum absolute atomic E-state index is 0.0135. The smallest absolute Gasteiger partial charge is 0.341 e. The van der Waals surface area contributed by atoms with Gasteiger partial charge in [0, 0.05) is 5.56 Å². The summed E-state index contributed by atoms with van der Waals surface area (Å²) < 4.78 is 7.42. The second-order valence-corrected chi connectivity index (χ2v) is 4.67. The van der Waals surface area contributed by atoms with Crippen molar-refractivity contribution in [2.75, 3.05) is 7.11 Å². The van der Waals surface area contributed by atoms with Crippen molar-refractivity contribution in [2.24, 2.45) is 10.2 Å². The molecule has 0 spiro atoms. The van der Waals surface area contributed by atoms with Gasteiger partial charge in [-0.25, -0.2) is 14.1 Å². The van der Waals surface area contributed by atoms with Crippen LogP contribution in [0.2, 0.25) is 0 Å². The van der Waals surface area contributed by atoms with Gasteiger partial charge in [-0.1, -0.05) is 0 Å². The number of esters is 1. The molecular formula is C14H12N8O3. The van der Waals surface area contributed by atoms with E-state index in [1.165, 1.54) is 60.3 Å². The third-order valence-corrected chi connectivity index (χ3v) is 3.05. The largest absolute Gasteiger partial charge is 0.506 e. The lowest BCUT2D eigenvalue weighted by Crippen LogP contribution is -2.05. The van der Waals surface area contributed by atoms with Gasteiger partial charge in [0.1, 0.15) is 36.6 Å². The molecule has 0 saturated heterocycles. The Morgan fingerprint density at radius 1 is 1.04 bits per heavy atom. The molecule has 0 fully saturated rings. The van der Waals surface area contributed by atoms with E-state index < -0.39 is 5.97 Å². The summed E-state index contributed by atoms with van der Waals surface area (Å²) in [6.45, 7) is 0. The normalized spacial score (nSPS) is 11.4. The summed E-state index contributed by atoms with van der Waals surface area (Å²) in [4.78, 5) is 11.9. The van der Waals surface area contributed by atoms with Crippen LogP contribution in [0.4, 0.5) is 0 Å². The summed E-state index contributed by atoms with van der Waals surface area (Å²) in [6, 6.07) is 3.05. The molecule has 11 nitrogen and oxygen atoms in total. The van der Waals surface area contributed by atoms with E-state index in [1.54, 1.807) is 6.07 Å². The van der Waals surface area contributed by atoms with E-state index in [2.05, 4.69) is 35.3 Å². The first kappa shape index (κ1) is 16.0. The minimum Gasteiger partial charge on any atom is -0.506 e. The minimum atomic E-state index is -0.684. The van der Waals surface area contributed by atoms with Gasteiger partial charge in [0.15, 0.2) is 0 Å². The van der Waals surface area contributed by atoms with Crippen molar-refractivity contribution in [3.05, 3.63) is 54.1 Å². The molecule has 25 heavy (non-hydrogen) atoms. The molecule has 126 valence electrons. The number of benzene rings is 1. The van der Waals surface area contributed by atoms with E-state index in [0.717, 1.165) is 0 Å². The van der Waals surface area contributed by atoms with E-state index >= 15 is 0 Å². The lowest BCUT2D eigenvalue weighted by atomic mass is 10.0. The van der Waals surface area contributed by atoms with Crippen molar-refractivity contribution in [3.63, 3.8) is 0 Å². The summed E-state index contributed by atoms with van der Waals surface area (Å²) in [5.41, 5.74) is 0.819. The van der Waals surface area contributed by atoms with Crippen LogP contribution in [0.15, 0.2) is 47.6 Å². The second-order valence-electron chi connectivity index (χ2n) is 4.67. The van der Waals surface area contributed by atoms with E-state index in [4.69, 9.17) is 0 Å². The molecule has 0 bridgehead atoms. The lowest BCUT2D eigenvalue weighted by Gasteiger charge is -2.07. The van der Waals surface area contributed by atoms with Crippen LogP contribution < -0.4 is 0 Å².